The molecule has 0 spiro atoms. The van der Waals surface area contributed by atoms with Crippen molar-refractivity contribution in [3.05, 3.63) is 12.3 Å². The Morgan fingerprint density at radius 1 is 1.78 bits per heavy atom. The predicted octanol–water partition coefficient (Wildman–Crippen LogP) is 0.971. The third-order valence-electron chi connectivity index (χ3n) is 1.45. The highest BCUT2D eigenvalue weighted by Crippen LogP contribution is 2.17. The van der Waals surface area contributed by atoms with Crippen LogP contribution in [0.15, 0.2) is 12.3 Å². The molecule has 1 heterocycles. The highest BCUT2D eigenvalue weighted by atomic mass is 16.6. The van der Waals surface area contributed by atoms with Crippen LogP contribution in [0.2, 0.25) is 0 Å². The summed E-state index contributed by atoms with van der Waals surface area (Å²) in [5, 5.41) is 0. The Labute approximate surface area is 53.9 Å². The fourth-order valence-electron chi connectivity index (χ4n) is 0.688. The van der Waals surface area contributed by atoms with E-state index < -0.39 is 0 Å². The molecular formula is C6H9NO2. The third kappa shape index (κ3) is 0.781. The fraction of sp³-hybridized carbons (Fsp3) is 0.500. The van der Waals surface area contributed by atoms with Crippen molar-refractivity contribution in [2.45, 2.75) is 13.0 Å². The van der Waals surface area contributed by atoms with Gasteiger partial charge >= 0.3 is 6.09 Å². The van der Waals surface area contributed by atoms with Crippen molar-refractivity contribution >= 4 is 6.09 Å². The van der Waals surface area contributed by atoms with Crippen LogP contribution >= 0.6 is 0 Å². The standard InChI is InChI=1S/C6H9NO2/c1-4-5(2)9-6(8)7(4)3/h5H,1H2,2-3H3/t5-/m1/s1. The number of cyclic esters (lactones) is 1. The first kappa shape index (κ1) is 6.13. The van der Waals surface area contributed by atoms with Gasteiger partial charge in [-0.05, 0) is 6.92 Å². The largest absolute Gasteiger partial charge is 0.440 e. The van der Waals surface area contributed by atoms with Gasteiger partial charge in [-0.3, -0.25) is 4.90 Å². The minimum Gasteiger partial charge on any atom is -0.440 e. The van der Waals surface area contributed by atoms with Crippen LogP contribution in [-0.2, 0) is 4.74 Å². The van der Waals surface area contributed by atoms with Gasteiger partial charge in [0.25, 0.3) is 0 Å². The van der Waals surface area contributed by atoms with E-state index in [9.17, 15) is 4.79 Å². The van der Waals surface area contributed by atoms with Crippen LogP contribution in [0.1, 0.15) is 6.92 Å². The Balaban J connectivity index is 2.77. The zero-order valence-corrected chi connectivity index (χ0v) is 5.55. The summed E-state index contributed by atoms with van der Waals surface area (Å²) in [6.45, 7) is 5.44. The molecule has 0 aromatic heterocycles. The summed E-state index contributed by atoms with van der Waals surface area (Å²) in [5.74, 6) is 0. The number of ether oxygens (including phenoxy) is 1. The van der Waals surface area contributed by atoms with Gasteiger partial charge < -0.3 is 4.74 Å². The van der Waals surface area contributed by atoms with Crippen molar-refractivity contribution in [2.75, 3.05) is 7.05 Å². The topological polar surface area (TPSA) is 29.5 Å². The quantitative estimate of drug-likeness (QED) is 0.485. The van der Waals surface area contributed by atoms with Gasteiger partial charge in [-0.1, -0.05) is 6.58 Å². The third-order valence-corrected chi connectivity index (χ3v) is 1.45. The van der Waals surface area contributed by atoms with E-state index in [0.717, 1.165) is 5.70 Å². The van der Waals surface area contributed by atoms with E-state index in [2.05, 4.69) is 6.58 Å². The summed E-state index contributed by atoms with van der Waals surface area (Å²) >= 11 is 0. The summed E-state index contributed by atoms with van der Waals surface area (Å²) in [6, 6.07) is 0. The number of rotatable bonds is 0. The van der Waals surface area contributed by atoms with Crippen LogP contribution in [0, 0.1) is 0 Å². The maximum atomic E-state index is 10.6. The zero-order valence-electron chi connectivity index (χ0n) is 5.55. The molecule has 3 heteroatoms. The second kappa shape index (κ2) is 1.76. The Morgan fingerprint density at radius 2 is 2.33 bits per heavy atom. The van der Waals surface area contributed by atoms with E-state index in [4.69, 9.17) is 4.74 Å². The summed E-state index contributed by atoms with van der Waals surface area (Å²) in [7, 11) is 1.65. The monoisotopic (exact) mass is 127 g/mol. The Morgan fingerprint density at radius 3 is 2.44 bits per heavy atom. The van der Waals surface area contributed by atoms with Crippen molar-refractivity contribution in [3.63, 3.8) is 0 Å². The summed E-state index contributed by atoms with van der Waals surface area (Å²) in [6.07, 6.45) is -0.463. The Bertz CT molecular complexity index is 164. The SMILES string of the molecule is C=C1[C@@H](C)OC(=O)N1C. The van der Waals surface area contributed by atoms with E-state index in [1.807, 2.05) is 0 Å². The maximum Gasteiger partial charge on any atom is 0.414 e. The molecule has 0 bridgehead atoms. The molecule has 1 rings (SSSR count). The minimum absolute atomic E-state index is 0.150. The summed E-state index contributed by atoms with van der Waals surface area (Å²) in [4.78, 5) is 12.0. The average molecular weight is 127 g/mol. The molecule has 1 fully saturated rings. The van der Waals surface area contributed by atoms with Crippen LogP contribution in [0.3, 0.4) is 0 Å². The van der Waals surface area contributed by atoms with Crippen molar-refractivity contribution in [3.8, 4) is 0 Å². The number of hydrogen-bond donors (Lipinski definition) is 0. The second-order valence-electron chi connectivity index (χ2n) is 2.08. The van der Waals surface area contributed by atoms with E-state index in [0.29, 0.717) is 0 Å². The molecule has 1 saturated heterocycles. The average Bonchev–Trinajstić information content (AvgIpc) is 1.98. The van der Waals surface area contributed by atoms with Crippen LogP contribution in [-0.4, -0.2) is 24.1 Å². The number of carbonyl (C=O) groups excluding carboxylic acids is 1. The first-order valence-electron chi connectivity index (χ1n) is 2.76. The lowest BCUT2D eigenvalue weighted by Crippen LogP contribution is -2.15. The van der Waals surface area contributed by atoms with Crippen molar-refractivity contribution in [2.24, 2.45) is 0 Å². The lowest BCUT2D eigenvalue weighted by molar-refractivity contribution is 0.142. The Kier molecular flexibility index (Phi) is 1.20. The van der Waals surface area contributed by atoms with Gasteiger partial charge in [0.15, 0.2) is 0 Å². The minimum atomic E-state index is -0.312. The predicted molar refractivity (Wildman–Crippen MR) is 32.8 cm³/mol. The molecule has 50 valence electrons. The van der Waals surface area contributed by atoms with Gasteiger partial charge in [-0.2, -0.15) is 0 Å². The van der Waals surface area contributed by atoms with Crippen molar-refractivity contribution < 1.29 is 9.53 Å². The van der Waals surface area contributed by atoms with Crippen LogP contribution in [0.25, 0.3) is 0 Å². The molecule has 0 aromatic carbocycles. The van der Waals surface area contributed by atoms with Gasteiger partial charge in [-0.15, -0.1) is 0 Å². The lowest BCUT2D eigenvalue weighted by atomic mass is 10.3. The molecule has 1 amide bonds. The highest BCUT2D eigenvalue weighted by Gasteiger charge is 2.28. The van der Waals surface area contributed by atoms with Gasteiger partial charge in [0.1, 0.15) is 6.10 Å². The van der Waals surface area contributed by atoms with Crippen molar-refractivity contribution in [1.82, 2.24) is 4.90 Å². The molecule has 0 aliphatic carbocycles. The number of hydrogen-bond acceptors (Lipinski definition) is 2. The molecular weight excluding hydrogens is 118 g/mol. The molecule has 1 aliphatic rings. The normalized spacial score (nSPS) is 26.9. The summed E-state index contributed by atoms with van der Waals surface area (Å²) in [5.41, 5.74) is 0.722. The molecule has 9 heavy (non-hydrogen) atoms. The van der Waals surface area contributed by atoms with Crippen LogP contribution in [0.4, 0.5) is 4.79 Å². The fourth-order valence-corrected chi connectivity index (χ4v) is 0.688. The van der Waals surface area contributed by atoms with Gasteiger partial charge in [0.2, 0.25) is 0 Å². The smallest absolute Gasteiger partial charge is 0.414 e. The molecule has 1 aliphatic heterocycles. The molecule has 3 nitrogen and oxygen atoms in total. The number of likely N-dealkylation sites (N-methyl/N-ethyl adjacent to an activating group) is 1. The number of carbonyl (C=O) groups is 1. The van der Waals surface area contributed by atoms with E-state index in [1.54, 1.807) is 14.0 Å². The number of nitrogens with zero attached hydrogens (tertiary/aromatic N) is 1. The summed E-state index contributed by atoms with van der Waals surface area (Å²) < 4.78 is 4.77. The first-order chi connectivity index (χ1) is 4.13. The molecule has 0 radical (unpaired) electrons. The molecule has 0 aromatic rings. The van der Waals surface area contributed by atoms with E-state index in [1.165, 1.54) is 4.90 Å². The Hall–Kier alpha value is -0.990. The molecule has 0 saturated carbocycles. The molecule has 1 atom stereocenters. The first-order valence-corrected chi connectivity index (χ1v) is 2.76. The highest BCUT2D eigenvalue weighted by molar-refractivity contribution is 5.72. The van der Waals surface area contributed by atoms with Crippen molar-refractivity contribution in [1.29, 1.82) is 0 Å². The molecule has 0 unspecified atom stereocenters. The van der Waals surface area contributed by atoms with E-state index in [-0.39, 0.29) is 12.2 Å². The van der Waals surface area contributed by atoms with Crippen LogP contribution in [0.5, 0.6) is 0 Å². The van der Waals surface area contributed by atoms with Gasteiger partial charge in [0.05, 0.1) is 5.70 Å². The number of amides is 1. The second-order valence-corrected chi connectivity index (χ2v) is 2.08. The van der Waals surface area contributed by atoms with Gasteiger partial charge in [0, 0.05) is 7.05 Å². The van der Waals surface area contributed by atoms with Gasteiger partial charge in [-0.25, -0.2) is 4.79 Å². The zero-order chi connectivity index (χ0) is 7.02. The molecule has 0 N–H and O–H groups in total. The maximum absolute atomic E-state index is 10.6. The lowest BCUT2D eigenvalue weighted by Gasteiger charge is -2.03. The van der Waals surface area contributed by atoms with E-state index >= 15 is 0 Å². The van der Waals surface area contributed by atoms with Crippen LogP contribution < -0.4 is 0 Å².